The molecular weight excluding hydrogens is 344 g/mol. The van der Waals surface area contributed by atoms with Crippen LogP contribution in [0.1, 0.15) is 16.1 Å². The summed E-state index contributed by atoms with van der Waals surface area (Å²) in [5.74, 6) is 0.0641. The molecular formula is C19H22N6O2. The van der Waals surface area contributed by atoms with Gasteiger partial charge >= 0.3 is 0 Å². The Morgan fingerprint density at radius 2 is 1.93 bits per heavy atom. The Labute approximate surface area is 157 Å². The van der Waals surface area contributed by atoms with Gasteiger partial charge < -0.3 is 14.4 Å². The van der Waals surface area contributed by atoms with Crippen LogP contribution in [0.4, 0.5) is 0 Å². The number of aromatic nitrogens is 4. The highest BCUT2D eigenvalue weighted by atomic mass is 16.2. The lowest BCUT2D eigenvalue weighted by Gasteiger charge is -2.32. The number of para-hydroxylation sites is 1. The monoisotopic (exact) mass is 366 g/mol. The van der Waals surface area contributed by atoms with E-state index in [0.29, 0.717) is 12.1 Å². The number of carbonyl (C=O) groups is 2. The lowest BCUT2D eigenvalue weighted by atomic mass is 10.2. The summed E-state index contributed by atoms with van der Waals surface area (Å²) in [6.45, 7) is 3.99. The highest BCUT2D eigenvalue weighted by Gasteiger charge is 2.19. The topological polar surface area (TPSA) is 76.3 Å². The first-order valence-electron chi connectivity index (χ1n) is 9.02. The number of benzene rings is 1. The van der Waals surface area contributed by atoms with Crippen LogP contribution in [-0.4, -0.2) is 74.8 Å². The zero-order valence-electron chi connectivity index (χ0n) is 15.3. The maximum absolute atomic E-state index is 12.4. The zero-order valence-corrected chi connectivity index (χ0v) is 15.3. The summed E-state index contributed by atoms with van der Waals surface area (Å²) in [7, 11) is 2.06. The van der Waals surface area contributed by atoms with Crippen molar-refractivity contribution in [1.82, 2.24) is 29.4 Å². The smallest absolute Gasteiger partial charge is 0.244 e. The van der Waals surface area contributed by atoms with E-state index >= 15 is 0 Å². The van der Waals surface area contributed by atoms with Crippen molar-refractivity contribution in [3.8, 4) is 0 Å². The Balaban J connectivity index is 1.46. The first kappa shape index (κ1) is 17.4. The van der Waals surface area contributed by atoms with Crippen molar-refractivity contribution in [2.24, 2.45) is 0 Å². The summed E-state index contributed by atoms with van der Waals surface area (Å²) in [4.78, 5) is 27.8. The van der Waals surface area contributed by atoms with Crippen molar-refractivity contribution in [3.05, 3.63) is 47.9 Å². The predicted molar refractivity (Wildman–Crippen MR) is 101 cm³/mol. The molecule has 1 aliphatic heterocycles. The second-order valence-corrected chi connectivity index (χ2v) is 6.94. The number of rotatable bonds is 5. The van der Waals surface area contributed by atoms with Crippen LogP contribution in [0.2, 0.25) is 0 Å². The fourth-order valence-corrected chi connectivity index (χ4v) is 3.46. The molecule has 8 nitrogen and oxygen atoms in total. The van der Waals surface area contributed by atoms with Gasteiger partial charge in [0.25, 0.3) is 0 Å². The Kier molecular flexibility index (Phi) is 4.72. The van der Waals surface area contributed by atoms with Crippen LogP contribution in [0.15, 0.2) is 36.7 Å². The molecule has 0 unspecified atom stereocenters. The van der Waals surface area contributed by atoms with E-state index in [4.69, 9.17) is 0 Å². The number of nitrogens with zero attached hydrogens (tertiary/aromatic N) is 6. The van der Waals surface area contributed by atoms with Crippen molar-refractivity contribution in [2.45, 2.75) is 13.1 Å². The number of aldehydes is 1. The molecule has 0 atom stereocenters. The van der Waals surface area contributed by atoms with Gasteiger partial charge in [0.05, 0.1) is 12.7 Å². The van der Waals surface area contributed by atoms with Crippen molar-refractivity contribution < 1.29 is 9.59 Å². The number of amides is 1. The Morgan fingerprint density at radius 3 is 2.70 bits per heavy atom. The van der Waals surface area contributed by atoms with Gasteiger partial charge in [0, 0.05) is 48.8 Å². The van der Waals surface area contributed by atoms with E-state index in [1.807, 2.05) is 39.9 Å². The van der Waals surface area contributed by atoms with Crippen LogP contribution in [0, 0.1) is 0 Å². The van der Waals surface area contributed by atoms with E-state index in [-0.39, 0.29) is 12.5 Å². The first-order valence-corrected chi connectivity index (χ1v) is 9.02. The minimum atomic E-state index is 0.0641. The summed E-state index contributed by atoms with van der Waals surface area (Å²) in [6, 6.07) is 7.77. The fraction of sp³-hybridized carbons (Fsp3) is 0.368. The third-order valence-electron chi connectivity index (χ3n) is 5.02. The SMILES string of the molecule is CN1CCN(C(=O)Cn2cc(Cn3cc(C=O)c4ccccc43)nn2)CC1. The van der Waals surface area contributed by atoms with Crippen molar-refractivity contribution in [2.75, 3.05) is 33.2 Å². The van der Waals surface area contributed by atoms with Gasteiger partial charge in [-0.2, -0.15) is 0 Å². The normalized spacial score (nSPS) is 15.4. The second-order valence-electron chi connectivity index (χ2n) is 6.94. The summed E-state index contributed by atoms with van der Waals surface area (Å²) in [6.07, 6.45) is 4.49. The van der Waals surface area contributed by atoms with E-state index in [1.165, 1.54) is 0 Å². The highest BCUT2D eigenvalue weighted by molar-refractivity contribution is 5.97. The molecule has 0 saturated carbocycles. The van der Waals surface area contributed by atoms with E-state index in [2.05, 4.69) is 22.3 Å². The molecule has 4 rings (SSSR count). The van der Waals surface area contributed by atoms with Crippen LogP contribution in [0.5, 0.6) is 0 Å². The van der Waals surface area contributed by atoms with Gasteiger partial charge in [0.2, 0.25) is 5.91 Å². The van der Waals surface area contributed by atoms with Crippen molar-refractivity contribution in [3.63, 3.8) is 0 Å². The Bertz CT molecular complexity index is 968. The summed E-state index contributed by atoms with van der Waals surface area (Å²) >= 11 is 0. The zero-order chi connectivity index (χ0) is 18.8. The average Bonchev–Trinajstić information content (AvgIpc) is 3.27. The molecule has 0 radical (unpaired) electrons. The maximum Gasteiger partial charge on any atom is 0.244 e. The average molecular weight is 366 g/mol. The number of likely N-dealkylation sites (N-methyl/N-ethyl adjacent to an activating group) is 1. The maximum atomic E-state index is 12.4. The van der Waals surface area contributed by atoms with Gasteiger partial charge in [-0.05, 0) is 13.1 Å². The molecule has 3 aromatic rings. The lowest BCUT2D eigenvalue weighted by molar-refractivity contribution is -0.133. The fourth-order valence-electron chi connectivity index (χ4n) is 3.46. The standard InChI is InChI=1S/C19H22N6O2/c1-22-6-8-23(9-7-22)19(27)13-25-12-16(20-21-25)11-24-10-15(14-26)17-4-2-3-5-18(17)24/h2-5,10,12,14H,6-9,11,13H2,1H3. The summed E-state index contributed by atoms with van der Waals surface area (Å²) < 4.78 is 3.57. The molecule has 1 aromatic carbocycles. The molecule has 1 amide bonds. The van der Waals surface area contributed by atoms with Crippen LogP contribution >= 0.6 is 0 Å². The molecule has 0 bridgehead atoms. The third-order valence-corrected chi connectivity index (χ3v) is 5.02. The van der Waals surface area contributed by atoms with Gasteiger partial charge in [0.15, 0.2) is 6.29 Å². The predicted octanol–water partition coefficient (Wildman–Crippen LogP) is 0.868. The molecule has 0 N–H and O–H groups in total. The minimum absolute atomic E-state index is 0.0641. The third kappa shape index (κ3) is 3.61. The number of fused-ring (bicyclic) bond motifs is 1. The second kappa shape index (κ2) is 7.32. The van der Waals surface area contributed by atoms with E-state index in [0.717, 1.165) is 49.1 Å². The summed E-state index contributed by atoms with van der Waals surface area (Å²) in [5.41, 5.74) is 2.38. The Morgan fingerprint density at radius 1 is 1.15 bits per heavy atom. The number of carbonyl (C=O) groups excluding carboxylic acids is 2. The van der Waals surface area contributed by atoms with Gasteiger partial charge in [0.1, 0.15) is 12.2 Å². The van der Waals surface area contributed by atoms with Crippen LogP contribution in [0.25, 0.3) is 10.9 Å². The van der Waals surface area contributed by atoms with Crippen LogP contribution < -0.4 is 0 Å². The van der Waals surface area contributed by atoms with Gasteiger partial charge in [-0.1, -0.05) is 23.4 Å². The molecule has 140 valence electrons. The number of hydrogen-bond donors (Lipinski definition) is 0. The molecule has 2 aromatic heterocycles. The Hall–Kier alpha value is -3.00. The number of piperazine rings is 1. The molecule has 1 fully saturated rings. The van der Waals surface area contributed by atoms with Gasteiger partial charge in [-0.3, -0.25) is 9.59 Å². The van der Waals surface area contributed by atoms with Gasteiger partial charge in [-0.15, -0.1) is 5.10 Å². The minimum Gasteiger partial charge on any atom is -0.341 e. The van der Waals surface area contributed by atoms with Crippen molar-refractivity contribution in [1.29, 1.82) is 0 Å². The van der Waals surface area contributed by atoms with Crippen LogP contribution in [-0.2, 0) is 17.9 Å². The molecule has 1 saturated heterocycles. The first-order chi connectivity index (χ1) is 13.1. The molecule has 3 heterocycles. The van der Waals surface area contributed by atoms with Crippen molar-refractivity contribution >= 4 is 23.1 Å². The lowest BCUT2D eigenvalue weighted by Crippen LogP contribution is -2.48. The highest BCUT2D eigenvalue weighted by Crippen LogP contribution is 2.20. The molecule has 27 heavy (non-hydrogen) atoms. The quantitative estimate of drug-likeness (QED) is 0.626. The molecule has 0 spiro atoms. The molecule has 8 heteroatoms. The van der Waals surface area contributed by atoms with E-state index in [9.17, 15) is 9.59 Å². The molecule has 0 aliphatic carbocycles. The largest absolute Gasteiger partial charge is 0.341 e. The number of hydrogen-bond acceptors (Lipinski definition) is 5. The summed E-state index contributed by atoms with van der Waals surface area (Å²) in [5, 5.41) is 9.20. The van der Waals surface area contributed by atoms with E-state index < -0.39 is 0 Å². The van der Waals surface area contributed by atoms with E-state index in [1.54, 1.807) is 10.9 Å². The molecule has 1 aliphatic rings. The van der Waals surface area contributed by atoms with Crippen LogP contribution in [0.3, 0.4) is 0 Å². The van der Waals surface area contributed by atoms with Gasteiger partial charge in [-0.25, -0.2) is 4.68 Å².